The van der Waals surface area contributed by atoms with Crippen molar-refractivity contribution in [2.45, 2.75) is 0 Å². The lowest BCUT2D eigenvalue weighted by Gasteiger charge is -1.99. The van der Waals surface area contributed by atoms with Crippen molar-refractivity contribution in [1.29, 1.82) is 0 Å². The van der Waals surface area contributed by atoms with Crippen LogP contribution in [0.25, 0.3) is 21.9 Å². The number of benzene rings is 2. The van der Waals surface area contributed by atoms with E-state index in [1.165, 1.54) is 23.5 Å². The number of thiazole rings is 1. The molecule has 3 rings (SSSR count). The number of aromatic nitrogens is 1. The molecule has 2 N–H and O–H groups in total. The standard InChI is InChI=1S/C16H11FN2OS/c17-11-7-5-10(6-8-11)9-12(15(18)20)16-19-13-3-1-2-4-14(13)21-16/h1-9H,(H2,18,20)/b12-9-. The topological polar surface area (TPSA) is 56.0 Å². The van der Waals surface area contributed by atoms with E-state index in [1.807, 2.05) is 24.3 Å². The first-order chi connectivity index (χ1) is 10.1. The van der Waals surface area contributed by atoms with Crippen LogP contribution in [-0.2, 0) is 4.79 Å². The van der Waals surface area contributed by atoms with Gasteiger partial charge in [-0.3, -0.25) is 4.79 Å². The number of amides is 1. The van der Waals surface area contributed by atoms with E-state index < -0.39 is 5.91 Å². The van der Waals surface area contributed by atoms with E-state index in [0.29, 0.717) is 16.1 Å². The fourth-order valence-corrected chi connectivity index (χ4v) is 2.94. The third-order valence-electron chi connectivity index (χ3n) is 2.97. The summed E-state index contributed by atoms with van der Waals surface area (Å²) in [4.78, 5) is 16.1. The van der Waals surface area contributed by atoms with Crippen LogP contribution in [0.3, 0.4) is 0 Å². The molecule has 0 bridgehead atoms. The summed E-state index contributed by atoms with van der Waals surface area (Å²) in [5.41, 5.74) is 7.30. The van der Waals surface area contributed by atoms with Gasteiger partial charge in [0.25, 0.3) is 5.91 Å². The van der Waals surface area contributed by atoms with E-state index in [-0.39, 0.29) is 5.82 Å². The van der Waals surface area contributed by atoms with E-state index in [0.717, 1.165) is 10.2 Å². The summed E-state index contributed by atoms with van der Waals surface area (Å²) in [7, 11) is 0. The van der Waals surface area contributed by atoms with E-state index >= 15 is 0 Å². The molecule has 1 amide bonds. The normalized spacial score (nSPS) is 11.8. The van der Waals surface area contributed by atoms with Crippen LogP contribution in [0.4, 0.5) is 4.39 Å². The number of rotatable bonds is 3. The zero-order valence-electron chi connectivity index (χ0n) is 10.9. The molecule has 0 saturated carbocycles. The molecular formula is C16H11FN2OS. The van der Waals surface area contributed by atoms with Gasteiger partial charge in [0, 0.05) is 0 Å². The van der Waals surface area contributed by atoms with E-state index in [4.69, 9.17) is 5.73 Å². The number of hydrogen-bond donors (Lipinski definition) is 1. The molecule has 0 atom stereocenters. The Hall–Kier alpha value is -2.53. The van der Waals surface area contributed by atoms with Crippen LogP contribution >= 0.6 is 11.3 Å². The first-order valence-electron chi connectivity index (χ1n) is 6.26. The van der Waals surface area contributed by atoms with Gasteiger partial charge >= 0.3 is 0 Å². The molecule has 2 aromatic carbocycles. The fraction of sp³-hybridized carbons (Fsp3) is 0. The van der Waals surface area contributed by atoms with Crippen molar-refractivity contribution in [3.63, 3.8) is 0 Å². The van der Waals surface area contributed by atoms with Gasteiger partial charge in [-0.15, -0.1) is 11.3 Å². The molecule has 5 heteroatoms. The van der Waals surface area contributed by atoms with Crippen molar-refractivity contribution in [1.82, 2.24) is 4.98 Å². The molecule has 104 valence electrons. The molecule has 0 spiro atoms. The van der Waals surface area contributed by atoms with Crippen LogP contribution in [0.1, 0.15) is 10.6 Å². The summed E-state index contributed by atoms with van der Waals surface area (Å²) in [5.74, 6) is -0.883. The Labute approximate surface area is 124 Å². The average Bonchev–Trinajstić information content (AvgIpc) is 2.89. The Morgan fingerprint density at radius 2 is 1.86 bits per heavy atom. The van der Waals surface area contributed by atoms with Gasteiger partial charge in [-0.25, -0.2) is 9.37 Å². The summed E-state index contributed by atoms with van der Waals surface area (Å²) in [5, 5.41) is 0.563. The second-order valence-corrected chi connectivity index (χ2v) is 5.49. The summed E-state index contributed by atoms with van der Waals surface area (Å²) in [6.45, 7) is 0. The second kappa shape index (κ2) is 5.46. The van der Waals surface area contributed by atoms with Crippen LogP contribution in [0.5, 0.6) is 0 Å². The molecule has 1 aromatic heterocycles. The third kappa shape index (κ3) is 2.83. The minimum Gasteiger partial charge on any atom is -0.366 e. The van der Waals surface area contributed by atoms with E-state index in [9.17, 15) is 9.18 Å². The zero-order valence-corrected chi connectivity index (χ0v) is 11.7. The van der Waals surface area contributed by atoms with Crippen molar-refractivity contribution < 1.29 is 9.18 Å². The minimum absolute atomic E-state index is 0.322. The Balaban J connectivity index is 2.09. The predicted molar refractivity (Wildman–Crippen MR) is 83.1 cm³/mol. The van der Waals surface area contributed by atoms with Gasteiger partial charge in [0.2, 0.25) is 0 Å². The summed E-state index contributed by atoms with van der Waals surface area (Å²) >= 11 is 1.40. The molecule has 3 aromatic rings. The largest absolute Gasteiger partial charge is 0.366 e. The number of carbonyl (C=O) groups excluding carboxylic acids is 1. The maximum absolute atomic E-state index is 12.9. The van der Waals surface area contributed by atoms with Crippen molar-refractivity contribution in [2.75, 3.05) is 0 Å². The Morgan fingerprint density at radius 1 is 1.14 bits per heavy atom. The third-order valence-corrected chi connectivity index (χ3v) is 4.04. The average molecular weight is 298 g/mol. The molecule has 1 heterocycles. The molecule has 0 aliphatic heterocycles. The maximum Gasteiger partial charge on any atom is 0.251 e. The number of hydrogen-bond acceptors (Lipinski definition) is 3. The van der Waals surface area contributed by atoms with Crippen molar-refractivity contribution in [2.24, 2.45) is 5.73 Å². The Morgan fingerprint density at radius 3 is 2.52 bits per heavy atom. The van der Waals surface area contributed by atoms with Gasteiger partial charge < -0.3 is 5.73 Å². The number of fused-ring (bicyclic) bond motifs is 1. The Kier molecular flexibility index (Phi) is 3.50. The van der Waals surface area contributed by atoms with Crippen LogP contribution in [-0.4, -0.2) is 10.9 Å². The SMILES string of the molecule is NC(=O)/C(=C/c1ccc(F)cc1)c1nc2ccccc2s1. The van der Waals surface area contributed by atoms with Crippen LogP contribution < -0.4 is 5.73 Å². The number of para-hydroxylation sites is 1. The quantitative estimate of drug-likeness (QED) is 0.753. The molecule has 0 unspecified atom stereocenters. The van der Waals surface area contributed by atoms with Gasteiger partial charge in [-0.05, 0) is 35.9 Å². The molecular weight excluding hydrogens is 287 g/mol. The maximum atomic E-state index is 12.9. The highest BCUT2D eigenvalue weighted by molar-refractivity contribution is 7.19. The van der Waals surface area contributed by atoms with E-state index in [2.05, 4.69) is 4.98 Å². The molecule has 0 aliphatic rings. The van der Waals surface area contributed by atoms with Gasteiger partial charge in [-0.1, -0.05) is 24.3 Å². The zero-order chi connectivity index (χ0) is 14.8. The Bertz CT molecular complexity index is 804. The molecule has 0 radical (unpaired) electrons. The molecule has 0 aliphatic carbocycles. The predicted octanol–water partition coefficient (Wildman–Crippen LogP) is 3.46. The molecule has 21 heavy (non-hydrogen) atoms. The minimum atomic E-state index is -0.557. The van der Waals surface area contributed by atoms with Crippen LogP contribution in [0.2, 0.25) is 0 Å². The van der Waals surface area contributed by atoms with Crippen molar-refractivity contribution in [3.8, 4) is 0 Å². The number of nitrogens with two attached hydrogens (primary N) is 1. The smallest absolute Gasteiger partial charge is 0.251 e. The fourth-order valence-electron chi connectivity index (χ4n) is 1.95. The lowest BCUT2D eigenvalue weighted by molar-refractivity contribution is -0.112. The summed E-state index contributed by atoms with van der Waals surface area (Å²) in [6, 6.07) is 13.5. The number of primary amides is 1. The first kappa shape index (κ1) is 13.5. The van der Waals surface area contributed by atoms with Gasteiger partial charge in [0.1, 0.15) is 10.8 Å². The summed E-state index contributed by atoms with van der Waals surface area (Å²) < 4.78 is 13.9. The highest BCUT2D eigenvalue weighted by Gasteiger charge is 2.13. The highest BCUT2D eigenvalue weighted by atomic mass is 32.1. The van der Waals surface area contributed by atoms with Crippen molar-refractivity contribution >= 4 is 39.1 Å². The van der Waals surface area contributed by atoms with Gasteiger partial charge in [0.15, 0.2) is 0 Å². The number of carbonyl (C=O) groups is 1. The van der Waals surface area contributed by atoms with Crippen LogP contribution in [0.15, 0.2) is 48.5 Å². The molecule has 0 saturated heterocycles. The van der Waals surface area contributed by atoms with Gasteiger partial charge in [-0.2, -0.15) is 0 Å². The lowest BCUT2D eigenvalue weighted by Crippen LogP contribution is -2.12. The second-order valence-electron chi connectivity index (χ2n) is 4.46. The number of nitrogens with zero attached hydrogens (tertiary/aromatic N) is 1. The monoisotopic (exact) mass is 298 g/mol. The van der Waals surface area contributed by atoms with Gasteiger partial charge in [0.05, 0.1) is 15.8 Å². The number of halogens is 1. The van der Waals surface area contributed by atoms with Crippen molar-refractivity contribution in [3.05, 3.63) is 64.9 Å². The van der Waals surface area contributed by atoms with Crippen LogP contribution in [0, 0.1) is 5.82 Å². The first-order valence-corrected chi connectivity index (χ1v) is 7.08. The summed E-state index contributed by atoms with van der Waals surface area (Å²) in [6.07, 6.45) is 1.62. The highest BCUT2D eigenvalue weighted by Crippen LogP contribution is 2.28. The molecule has 3 nitrogen and oxygen atoms in total. The molecule has 0 fully saturated rings. The lowest BCUT2D eigenvalue weighted by atomic mass is 10.1. The van der Waals surface area contributed by atoms with E-state index in [1.54, 1.807) is 18.2 Å².